The van der Waals surface area contributed by atoms with Crippen LogP contribution in [0.3, 0.4) is 0 Å². The molecule has 3 N–H and O–H groups in total. The smallest absolute Gasteiger partial charge is 0.337 e. The highest BCUT2D eigenvalue weighted by molar-refractivity contribution is 6.31. The van der Waals surface area contributed by atoms with E-state index in [9.17, 15) is 9.90 Å². The van der Waals surface area contributed by atoms with Crippen molar-refractivity contribution < 1.29 is 15.0 Å². The Morgan fingerprint density at radius 2 is 2.17 bits per heavy atom. The molecule has 0 heterocycles. The molecule has 0 saturated heterocycles. The Balaban J connectivity index is 2.24. The fourth-order valence-electron chi connectivity index (χ4n) is 2.16. The molecule has 2 atom stereocenters. The van der Waals surface area contributed by atoms with E-state index in [1.165, 1.54) is 6.07 Å². The van der Waals surface area contributed by atoms with Gasteiger partial charge in [-0.05, 0) is 24.6 Å². The SMILES string of the molecule is CC1(C)C(O)CC1Nc1cc(Cl)ccc1C(=O)O. The van der Waals surface area contributed by atoms with Crippen LogP contribution in [-0.2, 0) is 0 Å². The van der Waals surface area contributed by atoms with Crippen molar-refractivity contribution in [1.82, 2.24) is 0 Å². The molecular formula is C13H16ClNO3. The van der Waals surface area contributed by atoms with E-state index in [0.717, 1.165) is 0 Å². The minimum atomic E-state index is -0.994. The summed E-state index contributed by atoms with van der Waals surface area (Å²) in [6, 6.07) is 4.68. The number of aliphatic hydroxyl groups is 1. The maximum atomic E-state index is 11.1. The lowest BCUT2D eigenvalue weighted by Crippen LogP contribution is -2.57. The normalized spacial score (nSPS) is 25.3. The zero-order valence-corrected chi connectivity index (χ0v) is 11.0. The minimum Gasteiger partial charge on any atom is -0.478 e. The first-order valence-corrected chi connectivity index (χ1v) is 6.17. The molecule has 1 saturated carbocycles. The number of hydrogen-bond acceptors (Lipinski definition) is 3. The van der Waals surface area contributed by atoms with E-state index in [4.69, 9.17) is 16.7 Å². The number of carboxylic acids is 1. The summed E-state index contributed by atoms with van der Waals surface area (Å²) in [5.41, 5.74) is 0.425. The van der Waals surface area contributed by atoms with Gasteiger partial charge in [0, 0.05) is 16.5 Å². The number of rotatable bonds is 3. The van der Waals surface area contributed by atoms with Gasteiger partial charge < -0.3 is 15.5 Å². The van der Waals surface area contributed by atoms with Crippen molar-refractivity contribution in [2.45, 2.75) is 32.4 Å². The molecule has 0 bridgehead atoms. The number of anilines is 1. The molecule has 1 aromatic rings. The zero-order chi connectivity index (χ0) is 13.5. The molecule has 2 unspecified atom stereocenters. The number of aliphatic hydroxyl groups excluding tert-OH is 1. The van der Waals surface area contributed by atoms with Gasteiger partial charge in [-0.1, -0.05) is 25.4 Å². The van der Waals surface area contributed by atoms with Gasteiger partial charge in [0.25, 0.3) is 0 Å². The Kier molecular flexibility index (Phi) is 3.25. The van der Waals surface area contributed by atoms with Crippen molar-refractivity contribution in [3.8, 4) is 0 Å². The van der Waals surface area contributed by atoms with Crippen LogP contribution in [0.15, 0.2) is 18.2 Å². The van der Waals surface area contributed by atoms with Crippen molar-refractivity contribution in [1.29, 1.82) is 0 Å². The standard InChI is InChI=1S/C13H16ClNO3/c1-13(2)10(6-11(13)16)15-9-5-7(14)3-4-8(9)12(17)18/h3-5,10-11,15-16H,6H2,1-2H3,(H,17,18). The van der Waals surface area contributed by atoms with E-state index < -0.39 is 5.97 Å². The Hall–Kier alpha value is -1.26. The predicted molar refractivity (Wildman–Crippen MR) is 70.2 cm³/mol. The fourth-order valence-corrected chi connectivity index (χ4v) is 2.33. The first-order chi connectivity index (χ1) is 8.32. The van der Waals surface area contributed by atoms with E-state index in [-0.39, 0.29) is 23.1 Å². The molecule has 0 radical (unpaired) electrons. The van der Waals surface area contributed by atoms with Crippen LogP contribution in [-0.4, -0.2) is 28.3 Å². The summed E-state index contributed by atoms with van der Waals surface area (Å²) in [4.78, 5) is 11.1. The molecule has 1 fully saturated rings. The van der Waals surface area contributed by atoms with Crippen LogP contribution >= 0.6 is 11.6 Å². The number of carbonyl (C=O) groups is 1. The maximum absolute atomic E-state index is 11.1. The molecule has 0 amide bonds. The Morgan fingerprint density at radius 3 is 2.67 bits per heavy atom. The molecule has 4 nitrogen and oxygen atoms in total. The summed E-state index contributed by atoms with van der Waals surface area (Å²) in [6.07, 6.45) is 0.251. The van der Waals surface area contributed by atoms with Gasteiger partial charge >= 0.3 is 5.97 Å². The largest absolute Gasteiger partial charge is 0.478 e. The summed E-state index contributed by atoms with van der Waals surface area (Å²) in [5, 5.41) is 22.4. The summed E-state index contributed by atoms with van der Waals surface area (Å²) < 4.78 is 0. The lowest BCUT2D eigenvalue weighted by atomic mass is 9.64. The van der Waals surface area contributed by atoms with E-state index in [1.54, 1.807) is 12.1 Å². The van der Waals surface area contributed by atoms with Crippen molar-refractivity contribution in [2.24, 2.45) is 5.41 Å². The molecule has 5 heteroatoms. The summed E-state index contributed by atoms with van der Waals surface area (Å²) in [7, 11) is 0. The fraction of sp³-hybridized carbons (Fsp3) is 0.462. The number of carboxylic acid groups (broad SMARTS) is 1. The zero-order valence-electron chi connectivity index (χ0n) is 10.3. The van der Waals surface area contributed by atoms with Gasteiger partial charge in [-0.25, -0.2) is 4.79 Å². The second-order valence-electron chi connectivity index (χ2n) is 5.26. The first kappa shape index (κ1) is 13.2. The van der Waals surface area contributed by atoms with E-state index >= 15 is 0 Å². The lowest BCUT2D eigenvalue weighted by Gasteiger charge is -2.50. The van der Waals surface area contributed by atoms with Crippen LogP contribution in [0, 0.1) is 5.41 Å². The average Bonchev–Trinajstić information content (AvgIpc) is 2.28. The highest BCUT2D eigenvalue weighted by Crippen LogP contribution is 2.42. The Bertz CT molecular complexity index is 487. The second-order valence-corrected chi connectivity index (χ2v) is 5.70. The predicted octanol–water partition coefficient (Wildman–Crippen LogP) is 2.61. The molecule has 0 aliphatic heterocycles. The molecule has 1 aliphatic rings. The number of aromatic carboxylic acids is 1. The summed E-state index contributed by atoms with van der Waals surface area (Å²) in [5.74, 6) is -0.994. The van der Waals surface area contributed by atoms with Gasteiger partial charge in [0.1, 0.15) is 0 Å². The van der Waals surface area contributed by atoms with Crippen molar-refractivity contribution in [3.05, 3.63) is 28.8 Å². The van der Waals surface area contributed by atoms with Crippen molar-refractivity contribution in [2.75, 3.05) is 5.32 Å². The van der Waals surface area contributed by atoms with E-state index in [1.807, 2.05) is 13.8 Å². The number of hydrogen-bond donors (Lipinski definition) is 3. The summed E-state index contributed by atoms with van der Waals surface area (Å²) in [6.45, 7) is 3.90. The van der Waals surface area contributed by atoms with Crippen LogP contribution in [0.4, 0.5) is 5.69 Å². The van der Waals surface area contributed by atoms with Crippen molar-refractivity contribution in [3.63, 3.8) is 0 Å². The number of nitrogens with one attached hydrogen (secondary N) is 1. The number of halogens is 1. The van der Waals surface area contributed by atoms with E-state index in [2.05, 4.69) is 5.32 Å². The first-order valence-electron chi connectivity index (χ1n) is 5.80. The van der Waals surface area contributed by atoms with Gasteiger partial charge in [-0.3, -0.25) is 0 Å². The van der Waals surface area contributed by atoms with Gasteiger partial charge in [0.05, 0.1) is 17.4 Å². The molecule has 2 rings (SSSR count). The third-order valence-corrected chi connectivity index (χ3v) is 3.99. The quantitative estimate of drug-likeness (QED) is 0.789. The lowest BCUT2D eigenvalue weighted by molar-refractivity contribution is -0.0510. The minimum absolute atomic E-state index is 0.0454. The van der Waals surface area contributed by atoms with Gasteiger partial charge in [0.2, 0.25) is 0 Å². The molecule has 18 heavy (non-hydrogen) atoms. The highest BCUT2D eigenvalue weighted by Gasteiger charge is 2.47. The maximum Gasteiger partial charge on any atom is 0.337 e. The van der Waals surface area contributed by atoms with Crippen LogP contribution in [0.25, 0.3) is 0 Å². The Labute approximate surface area is 111 Å². The third-order valence-electron chi connectivity index (χ3n) is 3.76. The third kappa shape index (κ3) is 2.18. The van der Waals surface area contributed by atoms with Gasteiger partial charge in [-0.15, -0.1) is 0 Å². The average molecular weight is 270 g/mol. The highest BCUT2D eigenvalue weighted by atomic mass is 35.5. The van der Waals surface area contributed by atoms with Gasteiger partial charge in [0.15, 0.2) is 0 Å². The molecule has 98 valence electrons. The molecule has 1 aliphatic carbocycles. The molecule has 0 spiro atoms. The summed E-state index contributed by atoms with van der Waals surface area (Å²) >= 11 is 5.88. The molecule has 1 aromatic carbocycles. The van der Waals surface area contributed by atoms with Gasteiger partial charge in [-0.2, -0.15) is 0 Å². The van der Waals surface area contributed by atoms with Crippen molar-refractivity contribution >= 4 is 23.3 Å². The molecular weight excluding hydrogens is 254 g/mol. The van der Waals surface area contributed by atoms with Crippen LogP contribution in [0.5, 0.6) is 0 Å². The van der Waals surface area contributed by atoms with Crippen LogP contribution in [0.2, 0.25) is 5.02 Å². The van der Waals surface area contributed by atoms with Crippen LogP contribution in [0.1, 0.15) is 30.6 Å². The monoisotopic (exact) mass is 269 g/mol. The topological polar surface area (TPSA) is 69.6 Å². The van der Waals surface area contributed by atoms with Crippen LogP contribution < -0.4 is 5.32 Å². The Morgan fingerprint density at radius 1 is 1.50 bits per heavy atom. The number of benzene rings is 1. The second kappa shape index (κ2) is 4.44. The van der Waals surface area contributed by atoms with E-state index in [0.29, 0.717) is 17.1 Å². The molecule has 0 aromatic heterocycles.